The summed E-state index contributed by atoms with van der Waals surface area (Å²) in [6.45, 7) is 4.74. The average molecular weight is 321 g/mol. The van der Waals surface area contributed by atoms with Gasteiger partial charge in [-0.2, -0.15) is 5.10 Å². The minimum atomic E-state index is -3.67. The number of aromatic nitrogens is 3. The molecule has 1 aromatic carbocycles. The maximum absolute atomic E-state index is 11.5. The fraction of sp³-hybridized carbons (Fsp3) is 0.429. The molecule has 2 heterocycles. The third kappa shape index (κ3) is 2.71. The van der Waals surface area contributed by atoms with Crippen molar-refractivity contribution in [2.75, 3.05) is 4.90 Å². The first-order valence-electron chi connectivity index (χ1n) is 7.21. The van der Waals surface area contributed by atoms with Crippen LogP contribution in [-0.2, 0) is 29.4 Å². The van der Waals surface area contributed by atoms with Crippen LogP contribution in [0.4, 0.5) is 5.69 Å². The molecule has 0 fully saturated rings. The van der Waals surface area contributed by atoms with E-state index in [4.69, 9.17) is 5.14 Å². The second-order valence-corrected chi connectivity index (χ2v) is 7.13. The van der Waals surface area contributed by atoms with E-state index in [1.165, 1.54) is 0 Å². The molecule has 1 aromatic heterocycles. The number of aryl methyl sites for hydroxylation is 1. The SMILES string of the molecule is CCc1n[nH]c(CN2c3ccc(S(N)(=O)=O)cc3CC2C)n1. The highest BCUT2D eigenvalue weighted by Gasteiger charge is 2.28. The highest BCUT2D eigenvalue weighted by Crippen LogP contribution is 2.34. The van der Waals surface area contributed by atoms with E-state index in [0.717, 1.165) is 35.7 Å². The lowest BCUT2D eigenvalue weighted by atomic mass is 10.1. The van der Waals surface area contributed by atoms with Crippen LogP contribution < -0.4 is 10.0 Å². The van der Waals surface area contributed by atoms with Crippen molar-refractivity contribution < 1.29 is 8.42 Å². The maximum atomic E-state index is 11.5. The second-order valence-electron chi connectivity index (χ2n) is 5.57. The number of aromatic amines is 1. The van der Waals surface area contributed by atoms with E-state index in [-0.39, 0.29) is 10.9 Å². The molecule has 7 nitrogen and oxygen atoms in total. The first kappa shape index (κ1) is 15.0. The number of fused-ring (bicyclic) bond motifs is 1. The largest absolute Gasteiger partial charge is 0.361 e. The number of benzene rings is 1. The summed E-state index contributed by atoms with van der Waals surface area (Å²) in [5, 5.41) is 12.3. The normalized spacial score (nSPS) is 17.8. The van der Waals surface area contributed by atoms with Crippen LogP contribution in [0.3, 0.4) is 0 Å². The standard InChI is InChI=1S/C14H19N5O2S/c1-3-13-16-14(18-17-13)8-19-9(2)6-10-7-11(22(15,20)21)4-5-12(10)19/h4-5,7,9H,3,6,8H2,1-2H3,(H2,15,20,21)(H,16,17,18). The number of nitrogens with two attached hydrogens (primary N) is 1. The lowest BCUT2D eigenvalue weighted by molar-refractivity contribution is 0.597. The summed E-state index contributed by atoms with van der Waals surface area (Å²) < 4.78 is 22.9. The lowest BCUT2D eigenvalue weighted by Gasteiger charge is -2.23. The number of hydrogen-bond donors (Lipinski definition) is 2. The molecule has 3 N–H and O–H groups in total. The van der Waals surface area contributed by atoms with Crippen molar-refractivity contribution in [3.8, 4) is 0 Å². The van der Waals surface area contributed by atoms with Crippen LogP contribution in [0.15, 0.2) is 23.1 Å². The number of hydrogen-bond acceptors (Lipinski definition) is 5. The van der Waals surface area contributed by atoms with E-state index < -0.39 is 10.0 Å². The van der Waals surface area contributed by atoms with Crippen molar-refractivity contribution in [2.45, 2.75) is 44.2 Å². The summed E-state index contributed by atoms with van der Waals surface area (Å²) in [7, 11) is -3.67. The van der Waals surface area contributed by atoms with Crippen molar-refractivity contribution in [1.29, 1.82) is 0 Å². The molecule has 0 saturated heterocycles. The molecular formula is C14H19N5O2S. The van der Waals surface area contributed by atoms with Crippen LogP contribution in [-0.4, -0.2) is 29.6 Å². The predicted molar refractivity (Wildman–Crippen MR) is 82.9 cm³/mol. The number of nitrogens with one attached hydrogen (secondary N) is 1. The zero-order chi connectivity index (χ0) is 15.9. The molecule has 0 bridgehead atoms. The van der Waals surface area contributed by atoms with Gasteiger partial charge in [0.15, 0.2) is 5.82 Å². The van der Waals surface area contributed by atoms with E-state index in [2.05, 4.69) is 27.0 Å². The molecule has 1 atom stereocenters. The second kappa shape index (κ2) is 5.36. The van der Waals surface area contributed by atoms with E-state index >= 15 is 0 Å². The van der Waals surface area contributed by atoms with Crippen molar-refractivity contribution in [3.63, 3.8) is 0 Å². The minimum absolute atomic E-state index is 0.160. The van der Waals surface area contributed by atoms with Crippen LogP contribution in [0.5, 0.6) is 0 Å². The summed E-state index contributed by atoms with van der Waals surface area (Å²) in [5.41, 5.74) is 2.02. The number of sulfonamides is 1. The van der Waals surface area contributed by atoms with Gasteiger partial charge < -0.3 is 4.90 Å². The number of primary sulfonamides is 1. The molecule has 3 rings (SSSR count). The van der Waals surface area contributed by atoms with Crippen molar-refractivity contribution in [3.05, 3.63) is 35.4 Å². The molecule has 0 spiro atoms. The van der Waals surface area contributed by atoms with Crippen molar-refractivity contribution in [2.24, 2.45) is 5.14 Å². The Hall–Kier alpha value is -1.93. The molecule has 1 unspecified atom stereocenters. The molecule has 0 amide bonds. The monoisotopic (exact) mass is 321 g/mol. The smallest absolute Gasteiger partial charge is 0.238 e. The number of anilines is 1. The Morgan fingerprint density at radius 1 is 1.45 bits per heavy atom. The molecule has 8 heteroatoms. The Morgan fingerprint density at radius 2 is 2.23 bits per heavy atom. The van der Waals surface area contributed by atoms with Gasteiger partial charge in [-0.15, -0.1) is 0 Å². The van der Waals surface area contributed by atoms with Gasteiger partial charge in [-0.3, -0.25) is 5.10 Å². The van der Waals surface area contributed by atoms with Gasteiger partial charge in [0, 0.05) is 18.2 Å². The van der Waals surface area contributed by atoms with Crippen LogP contribution in [0.2, 0.25) is 0 Å². The van der Waals surface area contributed by atoms with Crippen molar-refractivity contribution >= 4 is 15.7 Å². The van der Waals surface area contributed by atoms with Gasteiger partial charge in [-0.25, -0.2) is 18.5 Å². The summed E-state index contributed by atoms with van der Waals surface area (Å²) >= 11 is 0. The van der Waals surface area contributed by atoms with Gasteiger partial charge in [0.1, 0.15) is 5.82 Å². The summed E-state index contributed by atoms with van der Waals surface area (Å²) in [6.07, 6.45) is 1.58. The Morgan fingerprint density at radius 3 is 2.86 bits per heavy atom. The van der Waals surface area contributed by atoms with Crippen LogP contribution >= 0.6 is 0 Å². The minimum Gasteiger partial charge on any atom is -0.361 e. The molecule has 0 saturated carbocycles. The molecule has 22 heavy (non-hydrogen) atoms. The first-order valence-corrected chi connectivity index (χ1v) is 8.75. The number of nitrogens with zero attached hydrogens (tertiary/aromatic N) is 3. The zero-order valence-electron chi connectivity index (χ0n) is 12.6. The fourth-order valence-corrected chi connectivity index (χ4v) is 3.38. The van der Waals surface area contributed by atoms with Crippen LogP contribution in [0, 0.1) is 0 Å². The highest BCUT2D eigenvalue weighted by molar-refractivity contribution is 7.89. The Labute approximate surface area is 129 Å². The molecule has 0 aliphatic carbocycles. The van der Waals surface area contributed by atoms with Gasteiger partial charge in [0.25, 0.3) is 0 Å². The molecular weight excluding hydrogens is 302 g/mol. The molecule has 118 valence electrons. The van der Waals surface area contributed by atoms with E-state index in [0.29, 0.717) is 6.54 Å². The fourth-order valence-electron chi connectivity index (χ4n) is 2.81. The zero-order valence-corrected chi connectivity index (χ0v) is 13.4. The third-order valence-corrected chi connectivity index (χ3v) is 4.86. The summed E-state index contributed by atoms with van der Waals surface area (Å²) in [6, 6.07) is 5.30. The van der Waals surface area contributed by atoms with Gasteiger partial charge in [0.05, 0.1) is 11.4 Å². The Balaban J connectivity index is 1.89. The predicted octanol–water partition coefficient (Wildman–Crippen LogP) is 0.966. The average Bonchev–Trinajstić information content (AvgIpc) is 3.03. The lowest BCUT2D eigenvalue weighted by Crippen LogP contribution is -2.29. The topological polar surface area (TPSA) is 105 Å². The van der Waals surface area contributed by atoms with E-state index in [9.17, 15) is 8.42 Å². The number of rotatable bonds is 4. The highest BCUT2D eigenvalue weighted by atomic mass is 32.2. The molecule has 1 aliphatic heterocycles. The Kier molecular flexibility index (Phi) is 3.65. The van der Waals surface area contributed by atoms with Crippen molar-refractivity contribution in [1.82, 2.24) is 15.2 Å². The van der Waals surface area contributed by atoms with E-state index in [1.54, 1.807) is 12.1 Å². The molecule has 0 radical (unpaired) electrons. The van der Waals surface area contributed by atoms with Gasteiger partial charge in [0.2, 0.25) is 10.0 Å². The molecule has 2 aromatic rings. The quantitative estimate of drug-likeness (QED) is 0.873. The van der Waals surface area contributed by atoms with E-state index in [1.807, 2.05) is 13.0 Å². The van der Waals surface area contributed by atoms with Crippen LogP contribution in [0.1, 0.15) is 31.1 Å². The summed E-state index contributed by atoms with van der Waals surface area (Å²) in [5.74, 6) is 1.61. The van der Waals surface area contributed by atoms with Gasteiger partial charge in [-0.1, -0.05) is 6.92 Å². The molecule has 1 aliphatic rings. The maximum Gasteiger partial charge on any atom is 0.238 e. The van der Waals surface area contributed by atoms with Gasteiger partial charge in [-0.05, 0) is 37.1 Å². The van der Waals surface area contributed by atoms with Crippen LogP contribution in [0.25, 0.3) is 0 Å². The summed E-state index contributed by atoms with van der Waals surface area (Å²) in [4.78, 5) is 6.79. The first-order chi connectivity index (χ1) is 10.4. The Bertz CT molecular complexity index is 799. The van der Waals surface area contributed by atoms with Gasteiger partial charge >= 0.3 is 0 Å². The number of H-pyrrole nitrogens is 1. The third-order valence-electron chi connectivity index (χ3n) is 3.95.